The largest absolute Gasteiger partial charge is 0.496 e. The summed E-state index contributed by atoms with van der Waals surface area (Å²) in [5.41, 5.74) is 4.03. The maximum Gasteiger partial charge on any atom is 0.226 e. The van der Waals surface area contributed by atoms with Gasteiger partial charge in [0.15, 0.2) is 0 Å². The highest BCUT2D eigenvalue weighted by Gasteiger charge is 2.08. The van der Waals surface area contributed by atoms with Crippen LogP contribution in [0, 0.1) is 0 Å². The molecule has 0 saturated heterocycles. The normalized spacial score (nSPS) is 10.9. The maximum atomic E-state index is 5.48. The van der Waals surface area contributed by atoms with Gasteiger partial charge in [-0.05, 0) is 44.0 Å². The van der Waals surface area contributed by atoms with Crippen molar-refractivity contribution in [2.24, 2.45) is 0 Å². The predicted molar refractivity (Wildman–Crippen MR) is 81.2 cm³/mol. The van der Waals surface area contributed by atoms with Gasteiger partial charge in [-0.15, -0.1) is 0 Å². The van der Waals surface area contributed by atoms with E-state index in [9.17, 15) is 0 Å². The summed E-state index contributed by atoms with van der Waals surface area (Å²) in [6, 6.07) is 8.16. The average Bonchev–Trinajstić information content (AvgIpc) is 2.88. The number of nitrogens with zero attached hydrogens (tertiary/aromatic N) is 1. The minimum absolute atomic E-state index is 0.664. The van der Waals surface area contributed by atoms with Crippen molar-refractivity contribution in [2.75, 3.05) is 7.11 Å². The van der Waals surface area contributed by atoms with Gasteiger partial charge in [0.25, 0.3) is 0 Å². The molecular weight excluding hydrogens is 250 g/mol. The molecular formula is C17H17NO2. The summed E-state index contributed by atoms with van der Waals surface area (Å²) in [5.74, 6) is 0.869. The van der Waals surface area contributed by atoms with Crippen LogP contribution in [0.5, 0.6) is 5.75 Å². The van der Waals surface area contributed by atoms with E-state index in [2.05, 4.69) is 37.0 Å². The fraction of sp³-hybridized carbons (Fsp3) is 0.235. The fourth-order valence-electron chi connectivity index (χ4n) is 2.30. The Labute approximate surface area is 117 Å². The maximum absolute atomic E-state index is 5.48. The van der Waals surface area contributed by atoms with Crippen molar-refractivity contribution in [3.63, 3.8) is 0 Å². The third kappa shape index (κ3) is 2.27. The number of fused-ring (bicyclic) bond motifs is 2. The Balaban J connectivity index is 2.18. The van der Waals surface area contributed by atoms with Gasteiger partial charge in [0.2, 0.25) is 5.71 Å². The molecule has 1 aromatic carbocycles. The summed E-state index contributed by atoms with van der Waals surface area (Å²) in [6.07, 6.45) is 4.73. The minimum atomic E-state index is 0.664. The van der Waals surface area contributed by atoms with Crippen LogP contribution in [0.1, 0.15) is 19.4 Å². The number of pyridine rings is 1. The van der Waals surface area contributed by atoms with E-state index < -0.39 is 0 Å². The number of allylic oxidation sites excluding steroid dienone is 2. The first-order valence-electron chi connectivity index (χ1n) is 6.65. The van der Waals surface area contributed by atoms with Crippen molar-refractivity contribution in [2.45, 2.75) is 20.3 Å². The smallest absolute Gasteiger partial charge is 0.226 e. The molecule has 0 bridgehead atoms. The van der Waals surface area contributed by atoms with E-state index in [-0.39, 0.29) is 0 Å². The highest BCUT2D eigenvalue weighted by Crippen LogP contribution is 2.28. The number of hydrogen-bond donors (Lipinski definition) is 0. The molecule has 0 fully saturated rings. The first kappa shape index (κ1) is 12.7. The molecule has 0 unspecified atom stereocenters. The summed E-state index contributed by atoms with van der Waals surface area (Å²) < 4.78 is 10.8. The van der Waals surface area contributed by atoms with Crippen LogP contribution >= 0.6 is 0 Å². The van der Waals surface area contributed by atoms with Crippen molar-refractivity contribution in [1.29, 1.82) is 0 Å². The zero-order valence-corrected chi connectivity index (χ0v) is 11.9. The summed E-state index contributed by atoms with van der Waals surface area (Å²) in [4.78, 5) is 4.52. The summed E-state index contributed by atoms with van der Waals surface area (Å²) in [7, 11) is 1.69. The lowest BCUT2D eigenvalue weighted by atomic mass is 10.0. The van der Waals surface area contributed by atoms with Gasteiger partial charge in [-0.3, -0.25) is 0 Å². The van der Waals surface area contributed by atoms with Gasteiger partial charge in [-0.2, -0.15) is 0 Å². The Hall–Kier alpha value is -2.29. The van der Waals surface area contributed by atoms with Crippen LogP contribution in [0.4, 0.5) is 0 Å². The molecule has 0 aliphatic carbocycles. The SMILES string of the molecule is COc1cc2nc3occc3cc2cc1CC=C(C)C. The van der Waals surface area contributed by atoms with Gasteiger partial charge in [0.1, 0.15) is 5.75 Å². The molecule has 0 N–H and O–H groups in total. The van der Waals surface area contributed by atoms with E-state index in [1.165, 1.54) is 11.1 Å². The predicted octanol–water partition coefficient (Wildman–Crippen LogP) is 4.50. The third-order valence-corrected chi connectivity index (χ3v) is 3.37. The van der Waals surface area contributed by atoms with Crippen molar-refractivity contribution < 1.29 is 9.15 Å². The van der Waals surface area contributed by atoms with Gasteiger partial charge in [-0.1, -0.05) is 11.6 Å². The lowest BCUT2D eigenvalue weighted by molar-refractivity contribution is 0.411. The van der Waals surface area contributed by atoms with Gasteiger partial charge in [-0.25, -0.2) is 4.98 Å². The van der Waals surface area contributed by atoms with Crippen LogP contribution in [0.3, 0.4) is 0 Å². The Morgan fingerprint density at radius 2 is 2.10 bits per heavy atom. The summed E-state index contributed by atoms with van der Waals surface area (Å²) >= 11 is 0. The number of rotatable bonds is 3. The summed E-state index contributed by atoms with van der Waals surface area (Å²) in [6.45, 7) is 4.20. The van der Waals surface area contributed by atoms with E-state index in [0.717, 1.165) is 28.5 Å². The number of benzene rings is 1. The van der Waals surface area contributed by atoms with Crippen LogP contribution in [0.15, 0.2) is 46.6 Å². The van der Waals surface area contributed by atoms with Crippen molar-refractivity contribution in [3.8, 4) is 5.75 Å². The van der Waals surface area contributed by atoms with E-state index >= 15 is 0 Å². The molecule has 0 atom stereocenters. The molecule has 0 saturated carbocycles. The monoisotopic (exact) mass is 267 g/mol. The number of hydrogen-bond acceptors (Lipinski definition) is 3. The van der Waals surface area contributed by atoms with E-state index in [1.807, 2.05) is 12.1 Å². The Kier molecular flexibility index (Phi) is 3.18. The van der Waals surface area contributed by atoms with Crippen LogP contribution in [0.2, 0.25) is 0 Å². The van der Waals surface area contributed by atoms with E-state index in [0.29, 0.717) is 5.71 Å². The molecule has 102 valence electrons. The molecule has 0 spiro atoms. The molecule has 0 radical (unpaired) electrons. The fourth-order valence-corrected chi connectivity index (χ4v) is 2.30. The lowest BCUT2D eigenvalue weighted by Crippen LogP contribution is -1.93. The van der Waals surface area contributed by atoms with Crippen LogP contribution in [0.25, 0.3) is 22.0 Å². The molecule has 3 rings (SSSR count). The third-order valence-electron chi connectivity index (χ3n) is 3.37. The molecule has 3 aromatic rings. The molecule has 2 heterocycles. The first-order chi connectivity index (χ1) is 9.67. The van der Waals surface area contributed by atoms with Gasteiger partial charge >= 0.3 is 0 Å². The lowest BCUT2D eigenvalue weighted by Gasteiger charge is -2.09. The van der Waals surface area contributed by atoms with E-state index in [4.69, 9.17) is 9.15 Å². The second-order valence-corrected chi connectivity index (χ2v) is 5.15. The topological polar surface area (TPSA) is 35.3 Å². The molecule has 20 heavy (non-hydrogen) atoms. The number of ether oxygens (including phenoxy) is 1. The molecule has 0 aliphatic rings. The second kappa shape index (κ2) is 5.00. The zero-order valence-electron chi connectivity index (χ0n) is 11.9. The van der Waals surface area contributed by atoms with Crippen molar-refractivity contribution in [1.82, 2.24) is 4.98 Å². The van der Waals surface area contributed by atoms with E-state index in [1.54, 1.807) is 13.4 Å². The molecule has 0 amide bonds. The quantitative estimate of drug-likeness (QED) is 0.655. The van der Waals surface area contributed by atoms with Crippen LogP contribution in [-0.2, 0) is 6.42 Å². The standard InChI is InChI=1S/C17H17NO2/c1-11(2)4-5-12-8-14-9-13-6-7-20-17(13)18-15(14)10-16(12)19-3/h4,6-10H,5H2,1-3H3. The highest BCUT2D eigenvalue weighted by molar-refractivity contribution is 5.91. The number of furan rings is 1. The number of aromatic nitrogens is 1. The molecule has 0 aliphatic heterocycles. The first-order valence-corrected chi connectivity index (χ1v) is 6.65. The highest BCUT2D eigenvalue weighted by atomic mass is 16.5. The molecule has 2 aromatic heterocycles. The van der Waals surface area contributed by atoms with Gasteiger partial charge in [0, 0.05) is 16.8 Å². The van der Waals surface area contributed by atoms with Crippen LogP contribution in [-0.4, -0.2) is 12.1 Å². The Bertz CT molecular complexity index is 795. The van der Waals surface area contributed by atoms with Gasteiger partial charge in [0.05, 0.1) is 18.9 Å². The minimum Gasteiger partial charge on any atom is -0.496 e. The Morgan fingerprint density at radius 1 is 1.25 bits per heavy atom. The molecule has 3 nitrogen and oxygen atoms in total. The molecule has 3 heteroatoms. The van der Waals surface area contributed by atoms with Gasteiger partial charge < -0.3 is 9.15 Å². The number of methoxy groups -OCH3 is 1. The second-order valence-electron chi connectivity index (χ2n) is 5.15. The summed E-state index contributed by atoms with van der Waals surface area (Å²) in [5, 5.41) is 2.13. The zero-order chi connectivity index (χ0) is 14.1. The Morgan fingerprint density at radius 3 is 2.85 bits per heavy atom. The van der Waals surface area contributed by atoms with Crippen molar-refractivity contribution >= 4 is 22.0 Å². The van der Waals surface area contributed by atoms with Crippen molar-refractivity contribution in [3.05, 3.63) is 47.7 Å². The van der Waals surface area contributed by atoms with Crippen LogP contribution < -0.4 is 4.74 Å². The average molecular weight is 267 g/mol.